The standard InChI is InChI=1S/C15H25NO3/c1-4-14(16-12(9-10-17)11-18-2)13-7-5-6-8-15(13)19-3/h5-8,12,14,16-17H,4,9-11H2,1-3H3. The molecule has 0 aliphatic carbocycles. The summed E-state index contributed by atoms with van der Waals surface area (Å²) in [6.07, 6.45) is 1.63. The summed E-state index contributed by atoms with van der Waals surface area (Å²) in [7, 11) is 3.36. The Balaban J connectivity index is 2.80. The average Bonchev–Trinajstić information content (AvgIpc) is 2.45. The van der Waals surface area contributed by atoms with Crippen LogP contribution < -0.4 is 10.1 Å². The Hall–Kier alpha value is -1.10. The summed E-state index contributed by atoms with van der Waals surface area (Å²) in [5, 5.41) is 12.6. The molecule has 0 saturated carbocycles. The molecule has 0 radical (unpaired) electrons. The van der Waals surface area contributed by atoms with E-state index in [9.17, 15) is 0 Å². The molecule has 2 N–H and O–H groups in total. The highest BCUT2D eigenvalue weighted by Gasteiger charge is 2.18. The maximum Gasteiger partial charge on any atom is 0.123 e. The summed E-state index contributed by atoms with van der Waals surface area (Å²) < 4.78 is 10.6. The predicted octanol–water partition coefficient (Wildman–Crippen LogP) is 2.13. The zero-order chi connectivity index (χ0) is 14.1. The van der Waals surface area contributed by atoms with Gasteiger partial charge in [-0.1, -0.05) is 25.1 Å². The minimum absolute atomic E-state index is 0.143. The van der Waals surface area contributed by atoms with E-state index in [0.29, 0.717) is 13.0 Å². The van der Waals surface area contributed by atoms with Crippen LogP contribution in [-0.4, -0.2) is 38.6 Å². The van der Waals surface area contributed by atoms with Crippen molar-refractivity contribution in [2.75, 3.05) is 27.4 Å². The molecular weight excluding hydrogens is 242 g/mol. The number of hydrogen-bond acceptors (Lipinski definition) is 4. The van der Waals surface area contributed by atoms with Crippen LogP contribution in [0, 0.1) is 0 Å². The van der Waals surface area contributed by atoms with Crippen molar-refractivity contribution in [1.29, 1.82) is 0 Å². The van der Waals surface area contributed by atoms with E-state index in [2.05, 4.69) is 18.3 Å². The third-order valence-corrected chi connectivity index (χ3v) is 3.20. The topological polar surface area (TPSA) is 50.7 Å². The Morgan fingerprint density at radius 1 is 1.26 bits per heavy atom. The van der Waals surface area contributed by atoms with Crippen LogP contribution >= 0.6 is 0 Å². The minimum atomic E-state index is 0.143. The number of aliphatic hydroxyl groups is 1. The maximum absolute atomic E-state index is 9.10. The summed E-state index contributed by atoms with van der Waals surface area (Å²) >= 11 is 0. The van der Waals surface area contributed by atoms with Crippen molar-refractivity contribution in [3.63, 3.8) is 0 Å². The summed E-state index contributed by atoms with van der Waals surface area (Å²) in [4.78, 5) is 0. The van der Waals surface area contributed by atoms with Gasteiger partial charge in [0.1, 0.15) is 5.75 Å². The number of aliphatic hydroxyl groups excluding tert-OH is 1. The molecule has 0 bridgehead atoms. The number of benzene rings is 1. The van der Waals surface area contributed by atoms with Gasteiger partial charge in [0, 0.05) is 31.4 Å². The molecule has 0 aromatic heterocycles. The molecule has 4 nitrogen and oxygen atoms in total. The van der Waals surface area contributed by atoms with E-state index < -0.39 is 0 Å². The van der Waals surface area contributed by atoms with Gasteiger partial charge in [-0.15, -0.1) is 0 Å². The normalized spacial score (nSPS) is 14.1. The van der Waals surface area contributed by atoms with Crippen molar-refractivity contribution in [1.82, 2.24) is 5.32 Å². The molecule has 0 aliphatic rings. The lowest BCUT2D eigenvalue weighted by Crippen LogP contribution is -2.37. The summed E-state index contributed by atoms with van der Waals surface area (Å²) in [6, 6.07) is 8.36. The van der Waals surface area contributed by atoms with Crippen LogP contribution in [0.3, 0.4) is 0 Å². The number of nitrogens with one attached hydrogen (secondary N) is 1. The number of para-hydroxylation sites is 1. The first-order chi connectivity index (χ1) is 9.26. The highest BCUT2D eigenvalue weighted by molar-refractivity contribution is 5.35. The Bertz CT molecular complexity index is 351. The summed E-state index contributed by atoms with van der Waals surface area (Å²) in [5.74, 6) is 0.891. The zero-order valence-electron chi connectivity index (χ0n) is 12.1. The zero-order valence-corrected chi connectivity index (χ0v) is 12.1. The monoisotopic (exact) mass is 267 g/mol. The van der Waals surface area contributed by atoms with E-state index >= 15 is 0 Å². The minimum Gasteiger partial charge on any atom is -0.496 e. The van der Waals surface area contributed by atoms with E-state index in [1.807, 2.05) is 18.2 Å². The van der Waals surface area contributed by atoms with Crippen LogP contribution in [0.5, 0.6) is 5.75 Å². The van der Waals surface area contributed by atoms with Gasteiger partial charge in [-0.3, -0.25) is 0 Å². The van der Waals surface area contributed by atoms with Gasteiger partial charge < -0.3 is 19.9 Å². The first kappa shape index (κ1) is 16.0. The molecule has 2 atom stereocenters. The average molecular weight is 267 g/mol. The maximum atomic E-state index is 9.10. The van der Waals surface area contributed by atoms with Crippen molar-refractivity contribution < 1.29 is 14.6 Å². The molecule has 108 valence electrons. The molecule has 0 aliphatic heterocycles. The van der Waals surface area contributed by atoms with Crippen LogP contribution in [0.1, 0.15) is 31.4 Å². The molecule has 1 aromatic carbocycles. The summed E-state index contributed by atoms with van der Waals surface area (Å²) in [6.45, 7) is 2.88. The second kappa shape index (κ2) is 8.91. The van der Waals surface area contributed by atoms with Gasteiger partial charge in [0.25, 0.3) is 0 Å². The van der Waals surface area contributed by atoms with Gasteiger partial charge in [-0.05, 0) is 18.9 Å². The fourth-order valence-electron chi connectivity index (χ4n) is 2.24. The SMILES string of the molecule is CCC(NC(CCO)COC)c1ccccc1OC. The van der Waals surface area contributed by atoms with E-state index in [-0.39, 0.29) is 18.7 Å². The Morgan fingerprint density at radius 2 is 2.00 bits per heavy atom. The molecule has 0 fully saturated rings. The Labute approximate surface area is 115 Å². The molecule has 1 aromatic rings. The van der Waals surface area contributed by atoms with Crippen molar-refractivity contribution in [3.05, 3.63) is 29.8 Å². The molecule has 19 heavy (non-hydrogen) atoms. The fraction of sp³-hybridized carbons (Fsp3) is 0.600. The highest BCUT2D eigenvalue weighted by atomic mass is 16.5. The molecule has 0 saturated heterocycles. The van der Waals surface area contributed by atoms with Crippen LogP contribution in [0.2, 0.25) is 0 Å². The number of methoxy groups -OCH3 is 2. The predicted molar refractivity (Wildman–Crippen MR) is 76.5 cm³/mol. The lowest BCUT2D eigenvalue weighted by Gasteiger charge is -2.25. The molecule has 0 spiro atoms. The van der Waals surface area contributed by atoms with Gasteiger partial charge in [0.05, 0.1) is 13.7 Å². The van der Waals surface area contributed by atoms with E-state index in [1.165, 1.54) is 0 Å². The van der Waals surface area contributed by atoms with Crippen LogP contribution in [0.15, 0.2) is 24.3 Å². The second-order valence-electron chi connectivity index (χ2n) is 4.53. The number of rotatable bonds is 9. The third-order valence-electron chi connectivity index (χ3n) is 3.20. The van der Waals surface area contributed by atoms with Gasteiger partial charge in [-0.2, -0.15) is 0 Å². The van der Waals surface area contributed by atoms with Crippen molar-refractivity contribution in [3.8, 4) is 5.75 Å². The van der Waals surface area contributed by atoms with E-state index in [4.69, 9.17) is 14.6 Å². The molecule has 1 rings (SSSR count). The molecular formula is C15H25NO3. The second-order valence-corrected chi connectivity index (χ2v) is 4.53. The number of hydrogen-bond donors (Lipinski definition) is 2. The molecule has 2 unspecified atom stereocenters. The quantitative estimate of drug-likeness (QED) is 0.719. The van der Waals surface area contributed by atoms with Crippen molar-refractivity contribution in [2.24, 2.45) is 0 Å². The highest BCUT2D eigenvalue weighted by Crippen LogP contribution is 2.27. The van der Waals surface area contributed by atoms with Crippen molar-refractivity contribution >= 4 is 0 Å². The lowest BCUT2D eigenvalue weighted by atomic mass is 10.0. The van der Waals surface area contributed by atoms with Gasteiger partial charge in [-0.25, -0.2) is 0 Å². The summed E-state index contributed by atoms with van der Waals surface area (Å²) in [5.41, 5.74) is 1.14. The van der Waals surface area contributed by atoms with E-state index in [0.717, 1.165) is 17.7 Å². The lowest BCUT2D eigenvalue weighted by molar-refractivity contribution is 0.141. The number of ether oxygens (including phenoxy) is 2. The first-order valence-corrected chi connectivity index (χ1v) is 6.75. The van der Waals surface area contributed by atoms with Gasteiger partial charge in [0.15, 0.2) is 0 Å². The molecule has 0 amide bonds. The van der Waals surface area contributed by atoms with E-state index in [1.54, 1.807) is 14.2 Å². The van der Waals surface area contributed by atoms with Gasteiger partial charge in [0.2, 0.25) is 0 Å². The molecule has 0 heterocycles. The third kappa shape index (κ3) is 4.82. The van der Waals surface area contributed by atoms with Crippen LogP contribution in [0.4, 0.5) is 0 Å². The van der Waals surface area contributed by atoms with Crippen molar-refractivity contribution in [2.45, 2.75) is 31.8 Å². The molecule has 4 heteroatoms. The van der Waals surface area contributed by atoms with Crippen LogP contribution in [-0.2, 0) is 4.74 Å². The Kier molecular flexibility index (Phi) is 7.48. The smallest absolute Gasteiger partial charge is 0.123 e. The van der Waals surface area contributed by atoms with Crippen LogP contribution in [0.25, 0.3) is 0 Å². The largest absolute Gasteiger partial charge is 0.496 e. The Morgan fingerprint density at radius 3 is 2.58 bits per heavy atom. The van der Waals surface area contributed by atoms with Gasteiger partial charge >= 0.3 is 0 Å². The first-order valence-electron chi connectivity index (χ1n) is 6.75. The fourth-order valence-corrected chi connectivity index (χ4v) is 2.24.